The average molecular weight is 427 g/mol. The van der Waals surface area contributed by atoms with Gasteiger partial charge in [0.2, 0.25) is 0 Å². The van der Waals surface area contributed by atoms with E-state index < -0.39 is 61.5 Å². The molecule has 2 rings (SSSR count). The molecule has 0 aliphatic carbocycles. The Bertz CT molecular complexity index is 1140. The van der Waals surface area contributed by atoms with Crippen LogP contribution in [-0.2, 0) is 30.4 Å². The summed E-state index contributed by atoms with van der Waals surface area (Å²) in [5.41, 5.74) is 4.96. The van der Waals surface area contributed by atoms with Crippen molar-refractivity contribution in [1.82, 2.24) is 0 Å². The van der Waals surface area contributed by atoms with Crippen LogP contribution >= 0.6 is 0 Å². The number of anilines is 1. The molecule has 0 atom stereocenters. The van der Waals surface area contributed by atoms with Crippen molar-refractivity contribution in [2.24, 2.45) is 0 Å². The van der Waals surface area contributed by atoms with Crippen molar-refractivity contribution in [3.05, 3.63) is 24.3 Å². The number of hydrogen-bond donors (Lipinski definition) is 2. The average Bonchev–Trinajstić information content (AvgIpc) is 2.33. The van der Waals surface area contributed by atoms with Crippen LogP contribution in [0.1, 0.15) is 0 Å². The van der Waals surface area contributed by atoms with E-state index in [1.165, 1.54) is 0 Å². The Morgan fingerprint density at radius 1 is 0.800 bits per heavy atom. The molecule has 0 radical (unpaired) electrons. The molecule has 0 heterocycles. The van der Waals surface area contributed by atoms with Gasteiger partial charge in [-0.3, -0.25) is 4.55 Å². The number of hydrogen-bond acceptors (Lipinski definition) is 9. The second kappa shape index (κ2) is 8.08. The Balaban J connectivity index is 0.00000288. The summed E-state index contributed by atoms with van der Waals surface area (Å²) in [6.45, 7) is 0. The van der Waals surface area contributed by atoms with Gasteiger partial charge in [0.05, 0.1) is 14.7 Å². The molecule has 15 heteroatoms. The number of nitrogens with two attached hydrogens (primary N) is 1. The predicted molar refractivity (Wildman–Crippen MR) is 74.1 cm³/mol. The van der Waals surface area contributed by atoms with Gasteiger partial charge in [-0.15, -0.1) is 0 Å². The molecule has 0 aliphatic heterocycles. The Kier molecular flexibility index (Phi) is 8.15. The first-order valence-corrected chi connectivity index (χ1v) is 9.73. The van der Waals surface area contributed by atoms with E-state index in [1.807, 2.05) is 0 Å². The van der Waals surface area contributed by atoms with Gasteiger partial charge in [0.15, 0.2) is 0 Å². The molecular weight excluding hydrogens is 420 g/mol. The zero-order valence-electron chi connectivity index (χ0n) is 12.8. The molecule has 0 saturated carbocycles. The third-order valence-electron chi connectivity index (χ3n) is 2.85. The summed E-state index contributed by atoms with van der Waals surface area (Å²) in [6, 6.07) is 2.37. The summed E-state index contributed by atoms with van der Waals surface area (Å²) in [7, 11) is -15.1. The van der Waals surface area contributed by atoms with Crippen LogP contribution in [0.2, 0.25) is 0 Å². The van der Waals surface area contributed by atoms with Gasteiger partial charge < -0.3 is 14.8 Å². The molecular formula is C10H7NNa2O9S3. The van der Waals surface area contributed by atoms with Gasteiger partial charge in [0.25, 0.3) is 10.1 Å². The molecule has 3 N–H and O–H groups in total. The zero-order valence-corrected chi connectivity index (χ0v) is 19.3. The van der Waals surface area contributed by atoms with E-state index in [9.17, 15) is 34.4 Å². The molecule has 25 heavy (non-hydrogen) atoms. The molecule has 0 amide bonds. The van der Waals surface area contributed by atoms with Crippen LogP contribution in [0.15, 0.2) is 39.0 Å². The maximum Gasteiger partial charge on any atom is 1.00 e. The van der Waals surface area contributed by atoms with E-state index in [-0.39, 0.29) is 59.1 Å². The Hall–Kier alpha value is 0.230. The fourth-order valence-corrected chi connectivity index (χ4v) is 3.86. The van der Waals surface area contributed by atoms with Crippen LogP contribution < -0.4 is 64.8 Å². The van der Waals surface area contributed by atoms with Crippen molar-refractivity contribution in [3.63, 3.8) is 0 Å². The molecule has 0 aromatic heterocycles. The quantitative estimate of drug-likeness (QED) is 0.270. The Morgan fingerprint density at radius 3 is 1.68 bits per heavy atom. The number of benzene rings is 2. The number of fused-ring (bicyclic) bond motifs is 1. The maximum absolute atomic E-state index is 11.3. The molecule has 0 bridgehead atoms. The van der Waals surface area contributed by atoms with E-state index in [4.69, 9.17) is 10.3 Å². The summed E-state index contributed by atoms with van der Waals surface area (Å²) in [6.07, 6.45) is 0. The fourth-order valence-electron chi connectivity index (χ4n) is 1.94. The molecule has 126 valence electrons. The Morgan fingerprint density at radius 2 is 1.28 bits per heavy atom. The molecule has 2 aromatic rings. The van der Waals surface area contributed by atoms with Crippen LogP contribution in [0, 0.1) is 0 Å². The van der Waals surface area contributed by atoms with Gasteiger partial charge in [-0.2, -0.15) is 8.42 Å². The van der Waals surface area contributed by atoms with E-state index in [0.29, 0.717) is 24.3 Å². The van der Waals surface area contributed by atoms with Crippen LogP contribution in [0.4, 0.5) is 5.69 Å². The molecule has 0 saturated heterocycles. The second-order valence-corrected chi connectivity index (χ2v) is 8.56. The molecule has 0 spiro atoms. The van der Waals surface area contributed by atoms with Crippen molar-refractivity contribution in [2.75, 3.05) is 5.73 Å². The molecule has 0 unspecified atom stereocenters. The first-order chi connectivity index (χ1) is 10.2. The van der Waals surface area contributed by atoms with Crippen molar-refractivity contribution in [2.45, 2.75) is 14.7 Å². The van der Waals surface area contributed by atoms with Gasteiger partial charge in [-0.1, -0.05) is 0 Å². The van der Waals surface area contributed by atoms with E-state index in [2.05, 4.69) is 0 Å². The third kappa shape index (κ3) is 5.60. The Labute approximate surface area is 187 Å². The summed E-state index contributed by atoms with van der Waals surface area (Å²) < 4.78 is 98.3. The summed E-state index contributed by atoms with van der Waals surface area (Å²) >= 11 is 0. The van der Waals surface area contributed by atoms with Crippen LogP contribution in [-0.4, -0.2) is 38.9 Å². The van der Waals surface area contributed by atoms with Gasteiger partial charge in [-0.25, -0.2) is 16.8 Å². The fraction of sp³-hybridized carbons (Fsp3) is 0. The van der Waals surface area contributed by atoms with Crippen LogP contribution in [0.5, 0.6) is 0 Å². The van der Waals surface area contributed by atoms with E-state index >= 15 is 0 Å². The normalized spacial score (nSPS) is 12.3. The molecule has 0 aliphatic rings. The topological polar surface area (TPSA) is 195 Å². The number of rotatable bonds is 3. The maximum atomic E-state index is 11.3. The summed E-state index contributed by atoms with van der Waals surface area (Å²) in [5, 5.41) is -0.885. The van der Waals surface area contributed by atoms with Gasteiger partial charge in [0, 0.05) is 11.1 Å². The summed E-state index contributed by atoms with van der Waals surface area (Å²) in [4.78, 5) is -2.90. The van der Waals surface area contributed by atoms with Gasteiger partial charge in [0.1, 0.15) is 20.2 Å². The smallest absolute Gasteiger partial charge is 0.744 e. The van der Waals surface area contributed by atoms with E-state index in [1.54, 1.807) is 0 Å². The van der Waals surface area contributed by atoms with Crippen LogP contribution in [0.3, 0.4) is 0 Å². The van der Waals surface area contributed by atoms with Crippen molar-refractivity contribution >= 4 is 46.8 Å². The number of nitrogen functional groups attached to an aromatic ring is 1. The first-order valence-electron chi connectivity index (χ1n) is 5.48. The molecule has 0 fully saturated rings. The SMILES string of the molecule is Nc1cc(S(=O)(=O)[O-])cc2cc(S(=O)(=O)O)cc(S(=O)(=O)[O-])c12.[Na+].[Na+]. The second-order valence-electron chi connectivity index (χ2n) is 4.42. The third-order valence-corrected chi connectivity index (χ3v) is 5.35. The van der Waals surface area contributed by atoms with Gasteiger partial charge in [-0.05, 0) is 29.7 Å². The minimum absolute atomic E-state index is 0. The van der Waals surface area contributed by atoms with Crippen molar-refractivity contribution < 1.29 is 98.0 Å². The monoisotopic (exact) mass is 427 g/mol. The molecule has 2 aromatic carbocycles. The van der Waals surface area contributed by atoms with E-state index in [0.717, 1.165) is 0 Å². The van der Waals surface area contributed by atoms with Crippen molar-refractivity contribution in [1.29, 1.82) is 0 Å². The first kappa shape index (κ1) is 25.2. The predicted octanol–water partition coefficient (Wildman–Crippen LogP) is -6.52. The minimum Gasteiger partial charge on any atom is -0.744 e. The zero-order chi connectivity index (χ0) is 17.8. The molecule has 10 nitrogen and oxygen atoms in total. The largest absolute Gasteiger partial charge is 1.00 e. The summed E-state index contributed by atoms with van der Waals surface area (Å²) in [5.74, 6) is 0. The minimum atomic E-state index is -5.22. The van der Waals surface area contributed by atoms with Crippen molar-refractivity contribution in [3.8, 4) is 0 Å². The van der Waals surface area contributed by atoms with Crippen LogP contribution in [0.25, 0.3) is 10.8 Å². The van der Waals surface area contributed by atoms with Gasteiger partial charge >= 0.3 is 59.1 Å². The standard InChI is InChI=1S/C10H9NO9S3.2Na/c11-8-3-6(21(12,13)14)1-5-2-7(22(15,16)17)4-9(10(5)8)23(18,19)20;;/h1-4H,11H2,(H,12,13,14)(H,15,16,17)(H,18,19,20);;/q;2*+1/p-2.